The SMILES string of the molecule is CCCC(CP(=O)(O)O)C(P(=O)(O)O)P(=O)(O)O. The molecule has 0 heterocycles. The predicted octanol–water partition coefficient (Wildman–Crippen LogP) is 0.262. The van der Waals surface area contributed by atoms with Crippen molar-refractivity contribution in [3.05, 3.63) is 0 Å². The Morgan fingerprint density at radius 3 is 1.50 bits per heavy atom. The fourth-order valence-corrected chi connectivity index (χ4v) is 6.27. The summed E-state index contributed by atoms with van der Waals surface area (Å²) < 4.78 is 33.1. The highest BCUT2D eigenvalue weighted by Gasteiger charge is 2.49. The second-order valence-electron chi connectivity index (χ2n) is 3.99. The number of hydrogen-bond acceptors (Lipinski definition) is 3. The van der Waals surface area contributed by atoms with Gasteiger partial charge in [-0.2, -0.15) is 0 Å². The minimum Gasteiger partial charge on any atom is -0.324 e. The van der Waals surface area contributed by atoms with Gasteiger partial charge in [0.2, 0.25) is 0 Å². The average Bonchev–Trinajstić information content (AvgIpc) is 1.93. The van der Waals surface area contributed by atoms with E-state index in [1.165, 1.54) is 0 Å². The van der Waals surface area contributed by atoms with E-state index in [4.69, 9.17) is 29.4 Å². The number of rotatable bonds is 7. The van der Waals surface area contributed by atoms with Gasteiger partial charge in [0.25, 0.3) is 0 Å². The molecule has 0 aromatic carbocycles. The van der Waals surface area contributed by atoms with E-state index >= 15 is 0 Å². The molecule has 0 aliphatic rings. The Hall–Kier alpha value is 0.450. The van der Waals surface area contributed by atoms with Gasteiger partial charge in [-0.05, 0) is 12.3 Å². The molecule has 6 N–H and O–H groups in total. The van der Waals surface area contributed by atoms with Gasteiger partial charge in [0.1, 0.15) is 0 Å². The smallest absolute Gasteiger partial charge is 0.324 e. The molecule has 0 rings (SSSR count). The molecule has 0 fully saturated rings. The first kappa shape index (κ1) is 18.4. The minimum atomic E-state index is -5.18. The van der Waals surface area contributed by atoms with E-state index in [1.54, 1.807) is 6.92 Å². The van der Waals surface area contributed by atoms with Crippen molar-refractivity contribution < 1.29 is 43.1 Å². The molecule has 110 valence electrons. The van der Waals surface area contributed by atoms with E-state index in [2.05, 4.69) is 0 Å². The quantitative estimate of drug-likeness (QED) is 0.359. The van der Waals surface area contributed by atoms with Crippen molar-refractivity contribution in [2.75, 3.05) is 6.16 Å². The summed E-state index contributed by atoms with van der Waals surface area (Å²) in [6, 6.07) is 0. The Balaban J connectivity index is 5.45. The Kier molecular flexibility index (Phi) is 6.42. The molecule has 0 bridgehead atoms. The van der Waals surface area contributed by atoms with Crippen LogP contribution < -0.4 is 0 Å². The van der Waals surface area contributed by atoms with Crippen LogP contribution in [-0.4, -0.2) is 40.9 Å². The summed E-state index contributed by atoms with van der Waals surface area (Å²) in [7, 11) is -15.0. The molecule has 12 heteroatoms. The lowest BCUT2D eigenvalue weighted by atomic mass is 10.1. The van der Waals surface area contributed by atoms with Gasteiger partial charge in [-0.3, -0.25) is 13.7 Å². The van der Waals surface area contributed by atoms with E-state index in [0.29, 0.717) is 0 Å². The third-order valence-corrected chi connectivity index (χ3v) is 7.21. The lowest BCUT2D eigenvalue weighted by Gasteiger charge is -2.28. The second-order valence-corrected chi connectivity index (χ2v) is 9.56. The highest BCUT2D eigenvalue weighted by molar-refractivity contribution is 7.71. The van der Waals surface area contributed by atoms with Gasteiger partial charge in [-0.15, -0.1) is 0 Å². The van der Waals surface area contributed by atoms with Gasteiger partial charge in [-0.25, -0.2) is 0 Å². The van der Waals surface area contributed by atoms with Gasteiger partial charge in [0.15, 0.2) is 5.40 Å². The summed E-state index contributed by atoms with van der Waals surface area (Å²) in [4.78, 5) is 53.5. The Morgan fingerprint density at radius 1 is 0.889 bits per heavy atom. The molecule has 0 spiro atoms. The van der Waals surface area contributed by atoms with Gasteiger partial charge in [-0.1, -0.05) is 13.3 Å². The van der Waals surface area contributed by atoms with Gasteiger partial charge in [0.05, 0.1) is 6.16 Å². The summed E-state index contributed by atoms with van der Waals surface area (Å²) in [6.45, 7) is 1.57. The van der Waals surface area contributed by atoms with E-state index in [0.717, 1.165) is 0 Å². The van der Waals surface area contributed by atoms with Crippen LogP contribution in [-0.2, 0) is 13.7 Å². The Bertz CT molecular complexity index is 381. The molecule has 1 unspecified atom stereocenters. The molecule has 0 saturated heterocycles. The first-order valence-electron chi connectivity index (χ1n) is 4.94. The zero-order valence-electron chi connectivity index (χ0n) is 9.53. The summed E-state index contributed by atoms with van der Waals surface area (Å²) in [5, 5.41) is -2.38. The van der Waals surface area contributed by atoms with Crippen LogP contribution >= 0.6 is 22.8 Å². The average molecular weight is 326 g/mol. The minimum absolute atomic E-state index is 0.105. The van der Waals surface area contributed by atoms with E-state index in [1.807, 2.05) is 0 Å². The van der Waals surface area contributed by atoms with Gasteiger partial charge in [0, 0.05) is 0 Å². The maximum atomic E-state index is 11.1. The van der Waals surface area contributed by atoms with Crippen LogP contribution in [0.4, 0.5) is 0 Å². The van der Waals surface area contributed by atoms with Crippen molar-refractivity contribution in [1.82, 2.24) is 0 Å². The lowest BCUT2D eigenvalue weighted by Crippen LogP contribution is -2.24. The molecule has 0 radical (unpaired) electrons. The summed E-state index contributed by atoms with van der Waals surface area (Å²) in [5.41, 5.74) is 0. The van der Waals surface area contributed by atoms with Crippen molar-refractivity contribution in [2.24, 2.45) is 5.92 Å². The predicted molar refractivity (Wildman–Crippen MR) is 63.2 cm³/mol. The molecule has 0 aliphatic carbocycles. The molecule has 0 aromatic rings. The molecular formula is C6H17O9P3. The van der Waals surface area contributed by atoms with Crippen molar-refractivity contribution in [2.45, 2.75) is 25.2 Å². The van der Waals surface area contributed by atoms with Crippen LogP contribution in [0.5, 0.6) is 0 Å². The van der Waals surface area contributed by atoms with Crippen LogP contribution in [0, 0.1) is 5.92 Å². The van der Waals surface area contributed by atoms with Crippen molar-refractivity contribution >= 4 is 22.8 Å². The summed E-state index contributed by atoms with van der Waals surface area (Å²) in [5.74, 6) is -1.45. The molecule has 0 saturated carbocycles. The Morgan fingerprint density at radius 2 is 1.28 bits per heavy atom. The molecule has 18 heavy (non-hydrogen) atoms. The molecule has 0 aromatic heterocycles. The van der Waals surface area contributed by atoms with E-state index in [-0.39, 0.29) is 12.8 Å². The maximum Gasteiger partial charge on any atom is 0.340 e. The van der Waals surface area contributed by atoms with Crippen LogP contribution in [0.25, 0.3) is 0 Å². The zero-order valence-corrected chi connectivity index (χ0v) is 12.2. The fourth-order valence-electron chi connectivity index (χ4n) is 1.76. The fraction of sp³-hybridized carbons (Fsp3) is 1.00. The summed E-state index contributed by atoms with van der Waals surface area (Å²) in [6.07, 6.45) is -0.797. The first-order chi connectivity index (χ1) is 7.79. The largest absolute Gasteiger partial charge is 0.340 e. The zero-order chi connectivity index (χ0) is 14.8. The lowest BCUT2D eigenvalue weighted by molar-refractivity contribution is 0.310. The topological polar surface area (TPSA) is 173 Å². The van der Waals surface area contributed by atoms with Crippen LogP contribution in [0.1, 0.15) is 19.8 Å². The van der Waals surface area contributed by atoms with Crippen LogP contribution in [0.15, 0.2) is 0 Å². The van der Waals surface area contributed by atoms with Gasteiger partial charge >= 0.3 is 22.8 Å². The van der Waals surface area contributed by atoms with Crippen molar-refractivity contribution in [3.63, 3.8) is 0 Å². The molecule has 9 nitrogen and oxygen atoms in total. The molecule has 0 aliphatic heterocycles. The van der Waals surface area contributed by atoms with Crippen molar-refractivity contribution in [1.29, 1.82) is 0 Å². The molecule has 0 amide bonds. The third kappa shape index (κ3) is 6.57. The highest BCUT2D eigenvalue weighted by Crippen LogP contribution is 2.64. The first-order valence-corrected chi connectivity index (χ1v) is 10.1. The maximum absolute atomic E-state index is 11.1. The standard InChI is InChI=1S/C6H17O9P3/c1-2-3-5(4-16(7,8)9)6(17(10,11)12)18(13,14)15/h5-6H,2-4H2,1H3,(H2,7,8,9)(H2,10,11,12)(H2,13,14,15). The molecular weight excluding hydrogens is 309 g/mol. The monoisotopic (exact) mass is 326 g/mol. The highest BCUT2D eigenvalue weighted by atomic mass is 31.2. The van der Waals surface area contributed by atoms with Crippen molar-refractivity contribution in [3.8, 4) is 0 Å². The normalized spacial score (nSPS) is 16.0. The summed E-state index contributed by atoms with van der Waals surface area (Å²) >= 11 is 0. The Labute approximate surface area is 104 Å². The van der Waals surface area contributed by atoms with Crippen LogP contribution in [0.2, 0.25) is 0 Å². The van der Waals surface area contributed by atoms with E-state index < -0.39 is 40.3 Å². The van der Waals surface area contributed by atoms with Gasteiger partial charge < -0.3 is 29.4 Å². The second kappa shape index (κ2) is 6.27. The number of hydrogen-bond donors (Lipinski definition) is 6. The van der Waals surface area contributed by atoms with Crippen LogP contribution in [0.3, 0.4) is 0 Å². The molecule has 1 atom stereocenters. The van der Waals surface area contributed by atoms with E-state index in [9.17, 15) is 13.7 Å². The third-order valence-electron chi connectivity index (χ3n) is 2.24.